The van der Waals surface area contributed by atoms with Crippen molar-refractivity contribution in [1.29, 1.82) is 0 Å². The minimum atomic E-state index is -3.77. The van der Waals surface area contributed by atoms with Crippen LogP contribution in [0, 0.1) is 10.1 Å². The van der Waals surface area contributed by atoms with Gasteiger partial charge in [-0.05, 0) is 36.8 Å². The van der Waals surface area contributed by atoms with E-state index >= 15 is 0 Å². The van der Waals surface area contributed by atoms with Crippen LogP contribution in [0.3, 0.4) is 0 Å². The van der Waals surface area contributed by atoms with E-state index in [-0.39, 0.29) is 17.1 Å². The Morgan fingerprint density at radius 3 is 2.48 bits per heavy atom. The van der Waals surface area contributed by atoms with Gasteiger partial charge in [0.25, 0.3) is 0 Å². The molecule has 0 radical (unpaired) electrons. The molecule has 1 unspecified atom stereocenters. The second kappa shape index (κ2) is 6.99. The molecule has 0 bridgehead atoms. The van der Waals surface area contributed by atoms with Gasteiger partial charge in [-0.25, -0.2) is 8.42 Å². The Balaban J connectivity index is 2.36. The number of nitro groups is 1. The summed E-state index contributed by atoms with van der Waals surface area (Å²) in [6, 6.07) is 10.6. The molecule has 0 aromatic heterocycles. The molecule has 0 heterocycles. The van der Waals surface area contributed by atoms with E-state index in [4.69, 9.17) is 11.6 Å². The second-order valence-electron chi connectivity index (χ2n) is 5.82. The largest absolute Gasteiger partial charge is 0.384 e. The van der Waals surface area contributed by atoms with Crippen LogP contribution in [0.5, 0.6) is 0 Å². The molecule has 1 atom stereocenters. The maximum Gasteiger partial charge on any atom is 0.310 e. The zero-order valence-corrected chi connectivity index (χ0v) is 15.1. The number of hydrogen-bond donors (Lipinski definition) is 2. The van der Waals surface area contributed by atoms with Gasteiger partial charge in [-0.3, -0.25) is 10.1 Å². The lowest BCUT2D eigenvalue weighted by atomic mass is 9.96. The highest BCUT2D eigenvalue weighted by molar-refractivity contribution is 7.90. The fourth-order valence-corrected chi connectivity index (χ4v) is 3.40. The summed E-state index contributed by atoms with van der Waals surface area (Å²) in [5, 5.41) is 25.2. The summed E-state index contributed by atoms with van der Waals surface area (Å²) in [6.07, 6.45) is 0.904. The third-order valence-electron chi connectivity index (χ3n) is 3.65. The molecule has 25 heavy (non-hydrogen) atoms. The van der Waals surface area contributed by atoms with Crippen molar-refractivity contribution >= 4 is 32.8 Å². The number of aliphatic hydroxyl groups is 1. The normalized spacial score (nSPS) is 13.9. The summed E-state index contributed by atoms with van der Waals surface area (Å²) in [4.78, 5) is 10.2. The fourth-order valence-electron chi connectivity index (χ4n) is 2.35. The van der Waals surface area contributed by atoms with Gasteiger partial charge in [0.15, 0.2) is 9.84 Å². The zero-order valence-electron chi connectivity index (χ0n) is 13.6. The summed E-state index contributed by atoms with van der Waals surface area (Å²) < 4.78 is 23.5. The van der Waals surface area contributed by atoms with E-state index in [2.05, 4.69) is 5.32 Å². The van der Waals surface area contributed by atoms with Gasteiger partial charge in [0.2, 0.25) is 0 Å². The zero-order chi connectivity index (χ0) is 18.8. The Labute approximate surface area is 150 Å². The Hall–Kier alpha value is -2.16. The number of benzene rings is 2. The summed E-state index contributed by atoms with van der Waals surface area (Å²) >= 11 is 5.92. The van der Waals surface area contributed by atoms with E-state index in [1.807, 2.05) is 0 Å². The number of rotatable bonds is 6. The van der Waals surface area contributed by atoms with Crippen molar-refractivity contribution in [3.05, 3.63) is 63.2 Å². The predicted molar refractivity (Wildman–Crippen MR) is 95.7 cm³/mol. The van der Waals surface area contributed by atoms with Crippen molar-refractivity contribution in [2.45, 2.75) is 17.4 Å². The van der Waals surface area contributed by atoms with Crippen LogP contribution >= 0.6 is 11.6 Å². The Morgan fingerprint density at radius 2 is 1.92 bits per heavy atom. The lowest BCUT2D eigenvalue weighted by molar-refractivity contribution is -0.386. The quantitative estimate of drug-likeness (QED) is 0.585. The molecule has 0 aliphatic rings. The first kappa shape index (κ1) is 19.2. The number of para-hydroxylation sites is 1. The molecule has 2 aromatic carbocycles. The number of nitro benzene ring substituents is 1. The number of anilines is 1. The van der Waals surface area contributed by atoms with Gasteiger partial charge in [-0.2, -0.15) is 0 Å². The van der Waals surface area contributed by atoms with Crippen LogP contribution in [0.4, 0.5) is 11.4 Å². The van der Waals surface area contributed by atoms with Crippen LogP contribution in [0.15, 0.2) is 47.4 Å². The van der Waals surface area contributed by atoms with E-state index in [1.165, 1.54) is 25.1 Å². The molecule has 0 saturated heterocycles. The van der Waals surface area contributed by atoms with Crippen molar-refractivity contribution in [3.63, 3.8) is 0 Å². The van der Waals surface area contributed by atoms with Crippen LogP contribution < -0.4 is 5.32 Å². The van der Waals surface area contributed by atoms with E-state index in [9.17, 15) is 23.6 Å². The average Bonchev–Trinajstić information content (AvgIpc) is 2.51. The van der Waals surface area contributed by atoms with E-state index in [0.717, 1.165) is 6.26 Å². The lowest BCUT2D eigenvalue weighted by Gasteiger charge is -2.25. The molecular weight excluding hydrogens is 368 g/mol. The highest BCUT2D eigenvalue weighted by Crippen LogP contribution is 2.33. The highest BCUT2D eigenvalue weighted by Gasteiger charge is 2.28. The first-order chi connectivity index (χ1) is 11.5. The maximum atomic E-state index is 11.8. The molecule has 134 valence electrons. The highest BCUT2D eigenvalue weighted by atomic mass is 35.5. The van der Waals surface area contributed by atoms with E-state index in [0.29, 0.717) is 10.6 Å². The van der Waals surface area contributed by atoms with Crippen molar-refractivity contribution in [2.75, 3.05) is 18.1 Å². The number of halogens is 1. The molecule has 0 amide bonds. The number of nitrogens with zero attached hydrogens (tertiary/aromatic N) is 1. The van der Waals surface area contributed by atoms with Crippen LogP contribution in [0.25, 0.3) is 0 Å². The molecule has 0 spiro atoms. The van der Waals surface area contributed by atoms with Gasteiger partial charge in [-0.15, -0.1) is 0 Å². The topological polar surface area (TPSA) is 110 Å². The number of sulfone groups is 1. The molecule has 7 nitrogen and oxygen atoms in total. The monoisotopic (exact) mass is 384 g/mol. The van der Waals surface area contributed by atoms with Crippen LogP contribution in [-0.2, 0) is 15.4 Å². The molecule has 0 fully saturated rings. The smallest absolute Gasteiger partial charge is 0.310 e. The van der Waals surface area contributed by atoms with Crippen molar-refractivity contribution in [2.24, 2.45) is 0 Å². The minimum absolute atomic E-state index is 0.00947. The Morgan fingerprint density at radius 1 is 1.28 bits per heavy atom. The first-order valence-corrected chi connectivity index (χ1v) is 9.49. The van der Waals surface area contributed by atoms with Gasteiger partial charge in [0.05, 0.1) is 4.92 Å². The molecule has 2 aromatic rings. The van der Waals surface area contributed by atoms with E-state index in [1.54, 1.807) is 24.3 Å². The second-order valence-corrected chi connectivity index (χ2v) is 8.24. The number of hydrogen-bond acceptors (Lipinski definition) is 6. The SMILES string of the molecule is CC(O)(CNc1cccc(S(C)(=O)=O)c1[N+](=O)[O-])c1cccc(Cl)c1. The van der Waals surface area contributed by atoms with Crippen LogP contribution in [-0.4, -0.2) is 31.2 Å². The van der Waals surface area contributed by atoms with Gasteiger partial charge < -0.3 is 10.4 Å². The van der Waals surface area contributed by atoms with Crippen LogP contribution in [0.2, 0.25) is 5.02 Å². The molecule has 9 heteroatoms. The number of nitrogens with one attached hydrogen (secondary N) is 1. The Kier molecular flexibility index (Phi) is 5.36. The third kappa shape index (κ3) is 4.47. The lowest BCUT2D eigenvalue weighted by Crippen LogP contribution is -2.31. The summed E-state index contributed by atoms with van der Waals surface area (Å²) in [6.45, 7) is 1.44. The van der Waals surface area contributed by atoms with Crippen LogP contribution in [0.1, 0.15) is 12.5 Å². The summed E-state index contributed by atoms with van der Waals surface area (Å²) in [5.41, 5.74) is -1.39. The minimum Gasteiger partial charge on any atom is -0.384 e. The molecule has 0 aliphatic carbocycles. The molecule has 0 aliphatic heterocycles. The van der Waals surface area contributed by atoms with Gasteiger partial charge in [0.1, 0.15) is 16.2 Å². The third-order valence-corrected chi connectivity index (χ3v) is 5.01. The summed E-state index contributed by atoms with van der Waals surface area (Å²) in [7, 11) is -3.77. The maximum absolute atomic E-state index is 11.8. The van der Waals surface area contributed by atoms with E-state index < -0.39 is 26.0 Å². The molecular formula is C16H17ClN2O5S. The fraction of sp³-hybridized carbons (Fsp3) is 0.250. The summed E-state index contributed by atoms with van der Waals surface area (Å²) in [5.74, 6) is 0. The van der Waals surface area contributed by atoms with Crippen molar-refractivity contribution in [3.8, 4) is 0 Å². The van der Waals surface area contributed by atoms with Gasteiger partial charge >= 0.3 is 5.69 Å². The standard InChI is InChI=1S/C16H17ClN2O5S/c1-16(20,11-5-3-6-12(17)9-11)10-18-13-7-4-8-14(25(2,23)24)15(13)19(21)22/h3-9,18,20H,10H2,1-2H3. The predicted octanol–water partition coefficient (Wildman–Crippen LogP) is 2.97. The average molecular weight is 385 g/mol. The first-order valence-electron chi connectivity index (χ1n) is 7.22. The van der Waals surface area contributed by atoms with Gasteiger partial charge in [0, 0.05) is 17.8 Å². The van der Waals surface area contributed by atoms with Crippen molar-refractivity contribution in [1.82, 2.24) is 0 Å². The van der Waals surface area contributed by atoms with Crippen molar-refractivity contribution < 1.29 is 18.4 Å². The molecule has 0 saturated carbocycles. The molecule has 2 N–H and O–H groups in total. The Bertz CT molecular complexity index is 912. The molecule has 2 rings (SSSR count). The van der Waals surface area contributed by atoms with Gasteiger partial charge in [-0.1, -0.05) is 29.8 Å².